The number of ether oxygens (including phenoxy) is 1. The van der Waals surface area contributed by atoms with Crippen LogP contribution >= 0.6 is 0 Å². The lowest BCUT2D eigenvalue weighted by molar-refractivity contribution is 0.0705. The molecule has 1 aliphatic rings. The number of benzene rings is 2. The molecule has 1 fully saturated rings. The van der Waals surface area contributed by atoms with Crippen molar-refractivity contribution in [3.63, 3.8) is 0 Å². The number of hydrogen-bond acceptors (Lipinski definition) is 7. The molecule has 3 heterocycles. The lowest BCUT2D eigenvalue weighted by Gasteiger charge is -2.33. The molecule has 0 saturated carbocycles. The summed E-state index contributed by atoms with van der Waals surface area (Å²) in [7, 11) is 0. The highest BCUT2D eigenvalue weighted by molar-refractivity contribution is 5.95. The number of anilines is 2. The summed E-state index contributed by atoms with van der Waals surface area (Å²) < 4.78 is 19.5. The maximum absolute atomic E-state index is 13.6. The average molecular weight is 471 g/mol. The number of rotatable bonds is 6. The Hall–Kier alpha value is -4.40. The molecule has 9 heteroatoms. The molecule has 1 N–H and O–H groups in total. The molecule has 1 atom stereocenters. The molecule has 35 heavy (non-hydrogen) atoms. The zero-order chi connectivity index (χ0) is 24.0. The van der Waals surface area contributed by atoms with Crippen molar-refractivity contribution in [1.29, 1.82) is 0 Å². The molecular weight excluding hydrogens is 447 g/mol. The fourth-order valence-electron chi connectivity index (χ4n) is 4.13. The fourth-order valence-corrected chi connectivity index (χ4v) is 4.13. The van der Waals surface area contributed by atoms with Crippen molar-refractivity contribution in [2.24, 2.45) is 0 Å². The van der Waals surface area contributed by atoms with Crippen LogP contribution in [-0.4, -0.2) is 43.8 Å². The highest BCUT2D eigenvalue weighted by atomic mass is 19.1. The van der Waals surface area contributed by atoms with Crippen molar-refractivity contribution in [2.45, 2.75) is 18.8 Å². The minimum atomic E-state index is -0.391. The van der Waals surface area contributed by atoms with Crippen LogP contribution in [0, 0.1) is 5.82 Å². The fraction of sp³-hybridized carbons (Fsp3) is 0.192. The van der Waals surface area contributed by atoms with Gasteiger partial charge in [-0.2, -0.15) is 0 Å². The predicted octanol–water partition coefficient (Wildman–Crippen LogP) is 4.96. The lowest BCUT2D eigenvalue weighted by atomic mass is 9.94. The SMILES string of the molecule is O=C(c1cccc(Nc2ncccn2)c1)N1CCC[C@@H](c2nccnc2Oc2cccc(F)c2)C1. The highest BCUT2D eigenvalue weighted by Gasteiger charge is 2.29. The van der Waals surface area contributed by atoms with Crippen molar-refractivity contribution in [2.75, 3.05) is 18.4 Å². The van der Waals surface area contributed by atoms with Gasteiger partial charge in [0.2, 0.25) is 11.8 Å². The molecule has 0 unspecified atom stereocenters. The molecule has 0 bridgehead atoms. The van der Waals surface area contributed by atoms with E-state index < -0.39 is 5.82 Å². The van der Waals surface area contributed by atoms with Gasteiger partial charge >= 0.3 is 0 Å². The van der Waals surface area contributed by atoms with Crippen molar-refractivity contribution < 1.29 is 13.9 Å². The van der Waals surface area contributed by atoms with Crippen LogP contribution in [0.5, 0.6) is 11.6 Å². The van der Waals surface area contributed by atoms with Crippen molar-refractivity contribution in [3.8, 4) is 11.6 Å². The van der Waals surface area contributed by atoms with Crippen LogP contribution in [0.1, 0.15) is 34.8 Å². The van der Waals surface area contributed by atoms with E-state index in [9.17, 15) is 9.18 Å². The molecule has 5 rings (SSSR count). The molecule has 2 aromatic carbocycles. The largest absolute Gasteiger partial charge is 0.437 e. The molecule has 1 aliphatic heterocycles. The van der Waals surface area contributed by atoms with Crippen LogP contribution in [0.2, 0.25) is 0 Å². The van der Waals surface area contributed by atoms with E-state index in [1.807, 2.05) is 17.0 Å². The number of nitrogens with one attached hydrogen (secondary N) is 1. The van der Waals surface area contributed by atoms with Crippen LogP contribution in [0.3, 0.4) is 0 Å². The molecule has 4 aromatic rings. The van der Waals surface area contributed by atoms with Crippen LogP contribution in [0.4, 0.5) is 16.0 Å². The highest BCUT2D eigenvalue weighted by Crippen LogP contribution is 2.33. The molecule has 0 radical (unpaired) electrons. The summed E-state index contributed by atoms with van der Waals surface area (Å²) in [5, 5.41) is 3.12. The average Bonchev–Trinajstić information content (AvgIpc) is 2.89. The lowest BCUT2D eigenvalue weighted by Crippen LogP contribution is -2.39. The number of likely N-dealkylation sites (tertiary alicyclic amines) is 1. The van der Waals surface area contributed by atoms with E-state index in [0.29, 0.717) is 41.9 Å². The second kappa shape index (κ2) is 10.3. The van der Waals surface area contributed by atoms with E-state index in [1.165, 1.54) is 12.1 Å². The summed E-state index contributed by atoms with van der Waals surface area (Å²) in [5.41, 5.74) is 1.96. The maximum atomic E-state index is 13.6. The quantitative estimate of drug-likeness (QED) is 0.426. The molecule has 0 spiro atoms. The standard InChI is InChI=1S/C26H23FN6O2/c27-20-7-2-9-22(16-20)35-24-23(28-12-13-29-24)19-6-3-14-33(17-19)25(34)18-5-1-8-21(15-18)32-26-30-10-4-11-31-26/h1-2,4-5,7-13,15-16,19H,3,6,14,17H2,(H,30,31,32)/t19-/m1/s1. The normalized spacial score (nSPS) is 15.5. The summed E-state index contributed by atoms with van der Waals surface area (Å²) in [6.45, 7) is 1.13. The number of halogens is 1. The van der Waals surface area contributed by atoms with Gasteiger partial charge in [0.25, 0.3) is 5.91 Å². The van der Waals surface area contributed by atoms with E-state index in [4.69, 9.17) is 4.74 Å². The Labute approximate surface area is 201 Å². The Morgan fingerprint density at radius 3 is 2.66 bits per heavy atom. The van der Waals surface area contributed by atoms with Gasteiger partial charge in [-0.25, -0.2) is 19.3 Å². The summed E-state index contributed by atoms with van der Waals surface area (Å²) in [5.74, 6) is 0.628. The van der Waals surface area contributed by atoms with E-state index in [-0.39, 0.29) is 11.8 Å². The van der Waals surface area contributed by atoms with Crippen molar-refractivity contribution >= 4 is 17.5 Å². The van der Waals surface area contributed by atoms with E-state index >= 15 is 0 Å². The van der Waals surface area contributed by atoms with Gasteiger partial charge in [-0.1, -0.05) is 12.1 Å². The van der Waals surface area contributed by atoms with E-state index in [2.05, 4.69) is 25.3 Å². The molecule has 8 nitrogen and oxygen atoms in total. The first-order chi connectivity index (χ1) is 17.2. The number of aromatic nitrogens is 4. The third kappa shape index (κ3) is 5.40. The van der Waals surface area contributed by atoms with Gasteiger partial charge in [-0.15, -0.1) is 0 Å². The second-order valence-corrected chi connectivity index (χ2v) is 8.17. The van der Waals surface area contributed by atoms with Crippen LogP contribution in [0.15, 0.2) is 79.4 Å². The predicted molar refractivity (Wildman–Crippen MR) is 128 cm³/mol. The Bertz CT molecular complexity index is 1320. The monoisotopic (exact) mass is 470 g/mol. The third-order valence-electron chi connectivity index (χ3n) is 5.73. The van der Waals surface area contributed by atoms with Gasteiger partial charge < -0.3 is 15.0 Å². The summed E-state index contributed by atoms with van der Waals surface area (Å²) in [4.78, 5) is 32.3. The minimum Gasteiger partial charge on any atom is -0.437 e. The number of carbonyl (C=O) groups is 1. The number of hydrogen-bond donors (Lipinski definition) is 1. The zero-order valence-electron chi connectivity index (χ0n) is 18.8. The van der Waals surface area contributed by atoms with Gasteiger partial charge in [0.15, 0.2) is 0 Å². The summed E-state index contributed by atoms with van der Waals surface area (Å²) in [6.07, 6.45) is 8.11. The topological polar surface area (TPSA) is 93.1 Å². The van der Waals surface area contributed by atoms with Crippen molar-refractivity contribution in [1.82, 2.24) is 24.8 Å². The van der Waals surface area contributed by atoms with Gasteiger partial charge in [-0.3, -0.25) is 9.78 Å². The van der Waals surface area contributed by atoms with E-state index in [1.54, 1.807) is 55.1 Å². The number of carbonyl (C=O) groups excluding carboxylic acids is 1. The van der Waals surface area contributed by atoms with Gasteiger partial charge in [0, 0.05) is 61.1 Å². The molecule has 176 valence electrons. The van der Waals surface area contributed by atoms with E-state index in [0.717, 1.165) is 18.5 Å². The van der Waals surface area contributed by atoms with Gasteiger partial charge in [0.1, 0.15) is 17.3 Å². The van der Waals surface area contributed by atoms with Crippen molar-refractivity contribution in [3.05, 3.63) is 96.5 Å². The second-order valence-electron chi connectivity index (χ2n) is 8.17. The van der Waals surface area contributed by atoms with Crippen LogP contribution in [0.25, 0.3) is 0 Å². The molecular formula is C26H23FN6O2. The van der Waals surface area contributed by atoms with Gasteiger partial charge in [0.05, 0.1) is 0 Å². The minimum absolute atomic E-state index is 0.0519. The number of amides is 1. The first kappa shape index (κ1) is 22.4. The molecule has 0 aliphatic carbocycles. The van der Waals surface area contributed by atoms with Gasteiger partial charge in [-0.05, 0) is 49.2 Å². The molecule has 2 aromatic heterocycles. The Balaban J connectivity index is 1.32. The zero-order valence-corrected chi connectivity index (χ0v) is 18.8. The summed E-state index contributed by atoms with van der Waals surface area (Å²) in [6, 6.07) is 14.9. The number of nitrogens with zero attached hydrogens (tertiary/aromatic N) is 5. The molecule has 1 amide bonds. The van der Waals surface area contributed by atoms with Crippen LogP contribution in [-0.2, 0) is 0 Å². The first-order valence-electron chi connectivity index (χ1n) is 11.3. The smallest absolute Gasteiger partial charge is 0.253 e. The van der Waals surface area contributed by atoms with Crippen LogP contribution < -0.4 is 10.1 Å². The molecule has 1 saturated heterocycles. The third-order valence-corrected chi connectivity index (χ3v) is 5.73. The first-order valence-corrected chi connectivity index (χ1v) is 11.3. The Morgan fingerprint density at radius 2 is 1.80 bits per heavy atom. The summed E-state index contributed by atoms with van der Waals surface area (Å²) >= 11 is 0. The Morgan fingerprint density at radius 1 is 0.971 bits per heavy atom. The maximum Gasteiger partial charge on any atom is 0.253 e. The number of piperidine rings is 1. The Kier molecular flexibility index (Phi) is 6.56.